The van der Waals surface area contributed by atoms with E-state index in [-0.39, 0.29) is 12.8 Å². The number of halogens is 2. The molecule has 1 aliphatic carbocycles. The molecule has 1 saturated carbocycles. The highest BCUT2D eigenvalue weighted by Crippen LogP contribution is 2.38. The van der Waals surface area contributed by atoms with E-state index in [2.05, 4.69) is 0 Å². The zero-order valence-corrected chi connectivity index (χ0v) is 10.4. The molecule has 0 aliphatic heterocycles. The first-order valence-electron chi connectivity index (χ1n) is 6.34. The fourth-order valence-corrected chi connectivity index (χ4v) is 2.25. The molecule has 2 rings (SSSR count). The second kappa shape index (κ2) is 5.22. The average Bonchev–Trinajstić information content (AvgIpc) is 2.35. The van der Waals surface area contributed by atoms with Gasteiger partial charge in [-0.15, -0.1) is 0 Å². The van der Waals surface area contributed by atoms with Crippen molar-refractivity contribution in [1.29, 1.82) is 0 Å². The summed E-state index contributed by atoms with van der Waals surface area (Å²) in [5.74, 6) is -1.73. The molecule has 2 nitrogen and oxygen atoms in total. The Hall–Kier alpha value is -1.16. The zero-order chi connectivity index (χ0) is 13.1. The Kier molecular flexibility index (Phi) is 3.85. The molecule has 1 fully saturated rings. The van der Waals surface area contributed by atoms with Crippen LogP contribution in [0.15, 0.2) is 30.3 Å². The molecule has 2 N–H and O–H groups in total. The lowest BCUT2D eigenvalue weighted by atomic mass is 9.79. The molecule has 0 radical (unpaired) electrons. The van der Waals surface area contributed by atoms with Gasteiger partial charge in [0.15, 0.2) is 0 Å². The van der Waals surface area contributed by atoms with Crippen LogP contribution in [-0.2, 0) is 0 Å². The minimum Gasteiger partial charge on any atom is -0.494 e. The fraction of sp³-hybridized carbons (Fsp3) is 0.571. The predicted molar refractivity (Wildman–Crippen MR) is 66.9 cm³/mol. The lowest BCUT2D eigenvalue weighted by Crippen LogP contribution is -2.47. The van der Waals surface area contributed by atoms with Gasteiger partial charge in [-0.05, 0) is 31.4 Å². The van der Waals surface area contributed by atoms with Crippen molar-refractivity contribution in [3.63, 3.8) is 0 Å². The number of benzene rings is 1. The molecule has 100 valence electrons. The van der Waals surface area contributed by atoms with Crippen LogP contribution in [0, 0.1) is 0 Å². The molecule has 0 spiro atoms. The summed E-state index contributed by atoms with van der Waals surface area (Å²) in [5, 5.41) is 0. The SMILES string of the molecule is NC1(CCOc2ccccc2)CCC(F)(F)CC1. The number of nitrogens with two attached hydrogens (primary N) is 1. The molecule has 0 atom stereocenters. The molecule has 0 heterocycles. The number of rotatable bonds is 4. The predicted octanol–water partition coefficient (Wildman–Crippen LogP) is 3.36. The van der Waals surface area contributed by atoms with Crippen molar-refractivity contribution in [2.45, 2.75) is 43.6 Å². The molecule has 1 aromatic carbocycles. The van der Waals surface area contributed by atoms with Gasteiger partial charge >= 0.3 is 0 Å². The van der Waals surface area contributed by atoms with Crippen molar-refractivity contribution in [3.8, 4) is 5.75 Å². The monoisotopic (exact) mass is 255 g/mol. The largest absolute Gasteiger partial charge is 0.494 e. The van der Waals surface area contributed by atoms with Crippen LogP contribution >= 0.6 is 0 Å². The number of para-hydroxylation sites is 1. The van der Waals surface area contributed by atoms with Crippen LogP contribution in [0.1, 0.15) is 32.1 Å². The third-order valence-electron chi connectivity index (χ3n) is 3.59. The molecular formula is C14H19F2NO. The minimum absolute atomic E-state index is 0.102. The Morgan fingerprint density at radius 1 is 1.06 bits per heavy atom. The Morgan fingerprint density at radius 3 is 2.28 bits per heavy atom. The first-order valence-corrected chi connectivity index (χ1v) is 6.34. The van der Waals surface area contributed by atoms with Gasteiger partial charge in [0.05, 0.1) is 6.61 Å². The van der Waals surface area contributed by atoms with Crippen molar-refractivity contribution < 1.29 is 13.5 Å². The highest BCUT2D eigenvalue weighted by atomic mass is 19.3. The van der Waals surface area contributed by atoms with Crippen LogP contribution in [0.2, 0.25) is 0 Å². The maximum Gasteiger partial charge on any atom is 0.248 e. The summed E-state index contributed by atoms with van der Waals surface area (Å²) in [6.45, 7) is 0.478. The van der Waals surface area contributed by atoms with Crippen LogP contribution < -0.4 is 10.5 Å². The van der Waals surface area contributed by atoms with Crippen LogP contribution in [-0.4, -0.2) is 18.1 Å². The summed E-state index contributed by atoms with van der Waals surface area (Å²) in [6.07, 6.45) is 1.16. The van der Waals surface area contributed by atoms with Crippen LogP contribution in [0.5, 0.6) is 5.75 Å². The molecule has 0 bridgehead atoms. The zero-order valence-electron chi connectivity index (χ0n) is 10.4. The number of alkyl halides is 2. The Balaban J connectivity index is 1.77. The molecule has 0 amide bonds. The highest BCUT2D eigenvalue weighted by molar-refractivity contribution is 5.20. The van der Waals surface area contributed by atoms with E-state index in [1.807, 2.05) is 30.3 Å². The smallest absolute Gasteiger partial charge is 0.248 e. The van der Waals surface area contributed by atoms with Crippen molar-refractivity contribution in [1.82, 2.24) is 0 Å². The summed E-state index contributed by atoms with van der Waals surface area (Å²) in [5.41, 5.74) is 5.64. The summed E-state index contributed by atoms with van der Waals surface area (Å²) < 4.78 is 31.7. The lowest BCUT2D eigenvalue weighted by Gasteiger charge is -2.37. The standard InChI is InChI=1S/C14H19F2NO/c15-14(16)8-6-13(17,7-9-14)10-11-18-12-4-2-1-3-5-12/h1-5H,6-11,17H2. The van der Waals surface area contributed by atoms with Crippen molar-refractivity contribution >= 4 is 0 Å². The van der Waals surface area contributed by atoms with Gasteiger partial charge in [-0.1, -0.05) is 18.2 Å². The Labute approximate surface area is 106 Å². The Morgan fingerprint density at radius 2 is 1.67 bits per heavy atom. The van der Waals surface area contributed by atoms with E-state index in [4.69, 9.17) is 10.5 Å². The average molecular weight is 255 g/mol. The lowest BCUT2D eigenvalue weighted by molar-refractivity contribution is -0.0527. The van der Waals surface area contributed by atoms with E-state index in [1.54, 1.807) is 0 Å². The maximum absolute atomic E-state index is 13.0. The van der Waals surface area contributed by atoms with Gasteiger partial charge in [0.1, 0.15) is 5.75 Å². The van der Waals surface area contributed by atoms with Gasteiger partial charge in [0.25, 0.3) is 0 Å². The second-order valence-corrected chi connectivity index (χ2v) is 5.13. The highest BCUT2D eigenvalue weighted by Gasteiger charge is 2.40. The summed E-state index contributed by atoms with van der Waals surface area (Å²) in [7, 11) is 0. The van der Waals surface area contributed by atoms with E-state index in [0.717, 1.165) is 5.75 Å². The van der Waals surface area contributed by atoms with Crippen LogP contribution in [0.4, 0.5) is 8.78 Å². The summed E-state index contributed by atoms with van der Waals surface area (Å²) in [4.78, 5) is 0. The van der Waals surface area contributed by atoms with Gasteiger partial charge in [0, 0.05) is 18.4 Å². The van der Waals surface area contributed by atoms with E-state index in [9.17, 15) is 8.78 Å². The third-order valence-corrected chi connectivity index (χ3v) is 3.59. The molecule has 18 heavy (non-hydrogen) atoms. The normalized spacial score (nSPS) is 21.5. The van der Waals surface area contributed by atoms with E-state index in [0.29, 0.717) is 25.9 Å². The third kappa shape index (κ3) is 3.67. The molecule has 0 saturated heterocycles. The molecule has 1 aliphatic rings. The molecule has 1 aromatic rings. The molecular weight excluding hydrogens is 236 g/mol. The number of hydrogen-bond donors (Lipinski definition) is 1. The Bertz CT molecular complexity index is 371. The molecule has 0 unspecified atom stereocenters. The van der Waals surface area contributed by atoms with Gasteiger partial charge in [-0.2, -0.15) is 0 Å². The number of hydrogen-bond acceptors (Lipinski definition) is 2. The first kappa shape index (κ1) is 13.3. The van der Waals surface area contributed by atoms with E-state index in [1.165, 1.54) is 0 Å². The minimum atomic E-state index is -2.52. The van der Waals surface area contributed by atoms with Crippen LogP contribution in [0.25, 0.3) is 0 Å². The van der Waals surface area contributed by atoms with E-state index < -0.39 is 11.5 Å². The summed E-state index contributed by atoms with van der Waals surface area (Å²) >= 11 is 0. The van der Waals surface area contributed by atoms with Crippen LogP contribution in [0.3, 0.4) is 0 Å². The topological polar surface area (TPSA) is 35.2 Å². The number of ether oxygens (including phenoxy) is 1. The maximum atomic E-state index is 13.0. The summed E-state index contributed by atoms with van der Waals surface area (Å²) in [6, 6.07) is 9.46. The van der Waals surface area contributed by atoms with Gasteiger partial charge in [-0.25, -0.2) is 8.78 Å². The van der Waals surface area contributed by atoms with Gasteiger partial charge in [-0.3, -0.25) is 0 Å². The quantitative estimate of drug-likeness (QED) is 0.895. The van der Waals surface area contributed by atoms with Crippen molar-refractivity contribution in [2.24, 2.45) is 5.73 Å². The van der Waals surface area contributed by atoms with Gasteiger partial charge in [0.2, 0.25) is 5.92 Å². The van der Waals surface area contributed by atoms with E-state index >= 15 is 0 Å². The molecule has 0 aromatic heterocycles. The van der Waals surface area contributed by atoms with Gasteiger partial charge < -0.3 is 10.5 Å². The second-order valence-electron chi connectivity index (χ2n) is 5.13. The van der Waals surface area contributed by atoms with Crippen molar-refractivity contribution in [2.75, 3.05) is 6.61 Å². The molecule has 4 heteroatoms. The first-order chi connectivity index (χ1) is 8.49. The fourth-order valence-electron chi connectivity index (χ4n) is 2.25. The van der Waals surface area contributed by atoms with Crippen molar-refractivity contribution in [3.05, 3.63) is 30.3 Å².